The van der Waals surface area contributed by atoms with E-state index in [0.717, 1.165) is 0 Å². The Morgan fingerprint density at radius 3 is 1.88 bits per heavy atom. The molecule has 8 heteroatoms. The summed E-state index contributed by atoms with van der Waals surface area (Å²) < 4.78 is 4.99. The lowest BCUT2D eigenvalue weighted by atomic mass is 9.83. The Morgan fingerprint density at radius 1 is 0.765 bits per heavy atom. The maximum Gasteiger partial charge on any atom is 0.339 e. The first-order chi connectivity index (χ1) is 16.6. The number of benzene rings is 3. The van der Waals surface area contributed by atoms with E-state index < -0.39 is 19.2 Å². The summed E-state index contributed by atoms with van der Waals surface area (Å²) in [6.07, 6.45) is 3.50. The minimum Gasteiger partial charge on any atom is -0.459 e. The van der Waals surface area contributed by atoms with Crippen molar-refractivity contribution in [3.8, 4) is 22.3 Å². The molecule has 3 aromatic rings. The molecule has 8 nitrogen and oxygen atoms in total. The smallest absolute Gasteiger partial charge is 0.339 e. The normalized spacial score (nSPS) is 10.3. The first-order valence-corrected chi connectivity index (χ1v) is 9.94. The van der Waals surface area contributed by atoms with E-state index in [1.807, 2.05) is 0 Å². The number of hydrogen-bond donors (Lipinski definition) is 0. The quantitative estimate of drug-likeness (QED) is 0.338. The van der Waals surface area contributed by atoms with Crippen LogP contribution in [0.1, 0.15) is 57.4 Å². The van der Waals surface area contributed by atoms with Crippen molar-refractivity contribution in [2.45, 2.75) is 0 Å². The molecule has 0 unspecified atom stereocenters. The zero-order valence-corrected chi connectivity index (χ0v) is 17.6. The molecule has 0 bridgehead atoms. The number of hydrogen-bond acceptors (Lipinski definition) is 7. The van der Waals surface area contributed by atoms with Crippen LogP contribution in [0.3, 0.4) is 0 Å². The summed E-state index contributed by atoms with van der Waals surface area (Å²) in [4.78, 5) is 71.6. The van der Waals surface area contributed by atoms with Crippen molar-refractivity contribution in [2.75, 3.05) is 13.2 Å². The molecular weight excluding hydrogens is 440 g/mol. The fourth-order valence-electron chi connectivity index (χ4n) is 3.70. The molecule has 0 spiro atoms. The Morgan fingerprint density at radius 2 is 1.35 bits per heavy atom. The molecule has 0 saturated heterocycles. The van der Waals surface area contributed by atoms with Crippen LogP contribution < -0.4 is 0 Å². The van der Waals surface area contributed by atoms with Gasteiger partial charge in [0.15, 0.2) is 25.1 Å². The topological polar surface area (TPSA) is 132 Å². The second kappa shape index (κ2) is 10.8. The monoisotopic (exact) mass is 456 g/mol. The van der Waals surface area contributed by atoms with Crippen LogP contribution in [0.2, 0.25) is 0 Å². The highest BCUT2D eigenvalue weighted by Gasteiger charge is 2.26. The first kappa shape index (κ1) is 24.1. The fraction of sp³-hybridized carbons (Fsp3) is 0.0769. The van der Waals surface area contributed by atoms with Crippen LogP contribution in [0.25, 0.3) is 22.3 Å². The van der Waals surface area contributed by atoms with Gasteiger partial charge in [-0.15, -0.1) is 0 Å². The number of ether oxygens (including phenoxy) is 1. The fourth-order valence-corrected chi connectivity index (χ4v) is 3.70. The number of rotatable bonds is 10. The van der Waals surface area contributed by atoms with E-state index in [9.17, 15) is 33.9 Å². The maximum atomic E-state index is 13.0. The molecule has 0 atom stereocenters. The van der Waals surface area contributed by atoms with Crippen LogP contribution in [-0.2, 0) is 14.6 Å². The summed E-state index contributed by atoms with van der Waals surface area (Å²) >= 11 is 0. The van der Waals surface area contributed by atoms with E-state index in [1.54, 1.807) is 6.29 Å². The number of carbonyl (C=O) groups excluding carboxylic acids is 6. The molecule has 0 aromatic heterocycles. The van der Waals surface area contributed by atoms with Crippen LogP contribution in [0, 0.1) is 0 Å². The Labute approximate surface area is 193 Å². The van der Waals surface area contributed by atoms with E-state index in [4.69, 9.17) is 4.74 Å². The molecule has 3 rings (SSSR count). The summed E-state index contributed by atoms with van der Waals surface area (Å²) in [5.41, 5.74) is 0.0829. The predicted octanol–water partition coefficient (Wildman–Crippen LogP) is 3.32. The van der Waals surface area contributed by atoms with Gasteiger partial charge in [0.2, 0.25) is 6.29 Å². The average Bonchev–Trinajstić information content (AvgIpc) is 2.89. The Bertz CT molecular complexity index is 1310. The van der Waals surface area contributed by atoms with Crippen molar-refractivity contribution in [2.24, 2.45) is 0 Å². The van der Waals surface area contributed by atoms with Gasteiger partial charge in [0.1, 0.15) is 13.2 Å². The number of esters is 1. The molecule has 0 heterocycles. The third-order valence-electron chi connectivity index (χ3n) is 5.16. The third-order valence-corrected chi connectivity index (χ3v) is 5.16. The van der Waals surface area contributed by atoms with Crippen molar-refractivity contribution < 1.29 is 38.6 Å². The lowest BCUT2D eigenvalue weighted by Gasteiger charge is -2.19. The molecule has 0 aliphatic carbocycles. The Hall–Kier alpha value is -4.56. The van der Waals surface area contributed by atoms with E-state index in [0.29, 0.717) is 25.1 Å². The lowest BCUT2D eigenvalue weighted by molar-refractivity contribution is 0.0365. The number of carbonyl (C=O) groups is 5. The van der Waals surface area contributed by atoms with Crippen molar-refractivity contribution in [1.29, 1.82) is 0 Å². The van der Waals surface area contributed by atoms with Gasteiger partial charge in [-0.05, 0) is 22.8 Å². The highest BCUT2D eigenvalue weighted by Crippen LogP contribution is 2.40. The summed E-state index contributed by atoms with van der Waals surface area (Å²) in [6, 6.07) is 11.5. The molecule has 168 valence electrons. The largest absolute Gasteiger partial charge is 0.459 e. The summed E-state index contributed by atoms with van der Waals surface area (Å²) in [5, 5.41) is 10.9. The van der Waals surface area contributed by atoms with Crippen LogP contribution in [0.4, 0.5) is 0 Å². The summed E-state index contributed by atoms with van der Waals surface area (Å²) in [7, 11) is 0. The molecule has 34 heavy (non-hydrogen) atoms. The van der Waals surface area contributed by atoms with E-state index >= 15 is 0 Å². The molecule has 0 N–H and O–H groups in total. The van der Waals surface area contributed by atoms with Gasteiger partial charge in [-0.2, -0.15) is 0 Å². The second-order valence-electron chi connectivity index (χ2n) is 6.94. The standard InChI is InChI=1S/C26H16O8/c27-9-10-34-26(33)24-18(13-30)7-8-21(19-5-1-3-16(11-28)22(19)14-31)25(24)20-6-2-4-17(12-29)23(20)15-32/h1-8,11-12,14-15H,9-10H2. The summed E-state index contributed by atoms with van der Waals surface area (Å²) in [5.74, 6) is -1.03. The third kappa shape index (κ3) is 4.35. The molecule has 0 saturated carbocycles. The highest BCUT2D eigenvalue weighted by atomic mass is 16.5. The Kier molecular flexibility index (Phi) is 7.68. The van der Waals surface area contributed by atoms with Gasteiger partial charge in [-0.3, -0.25) is 24.0 Å². The second-order valence-corrected chi connectivity index (χ2v) is 6.94. The summed E-state index contributed by atoms with van der Waals surface area (Å²) in [6.45, 7) is -1.20. The average molecular weight is 456 g/mol. The molecule has 0 amide bonds. The minimum atomic E-state index is -1.03. The SMILES string of the molecule is [O]CCOC(=O)c1c([C]=O)ccc(-c2cccc(C=O)c2C=O)c1-c1cccc(C=O)c1C=O. The zero-order chi connectivity index (χ0) is 24.7. The van der Waals surface area contributed by atoms with Gasteiger partial charge < -0.3 is 4.74 Å². The van der Waals surface area contributed by atoms with Gasteiger partial charge in [-0.25, -0.2) is 9.90 Å². The molecular formula is C26H16O8. The van der Waals surface area contributed by atoms with Crippen molar-refractivity contribution in [3.63, 3.8) is 0 Å². The minimum absolute atomic E-state index is 0.00805. The van der Waals surface area contributed by atoms with Crippen LogP contribution in [0.15, 0.2) is 48.5 Å². The van der Waals surface area contributed by atoms with Gasteiger partial charge in [0, 0.05) is 33.4 Å². The van der Waals surface area contributed by atoms with Crippen LogP contribution in [-0.4, -0.2) is 50.6 Å². The molecule has 0 aliphatic heterocycles. The number of aldehydes is 4. The molecule has 0 aliphatic rings. The van der Waals surface area contributed by atoms with Gasteiger partial charge in [0.25, 0.3) is 0 Å². The Balaban J connectivity index is 2.54. The molecule has 3 aromatic carbocycles. The van der Waals surface area contributed by atoms with Crippen molar-refractivity contribution >= 4 is 37.4 Å². The zero-order valence-electron chi connectivity index (χ0n) is 17.6. The van der Waals surface area contributed by atoms with Crippen LogP contribution >= 0.6 is 0 Å². The van der Waals surface area contributed by atoms with Gasteiger partial charge in [-0.1, -0.05) is 42.5 Å². The van der Waals surface area contributed by atoms with E-state index in [2.05, 4.69) is 0 Å². The first-order valence-electron chi connectivity index (χ1n) is 9.94. The predicted molar refractivity (Wildman–Crippen MR) is 119 cm³/mol. The lowest BCUT2D eigenvalue weighted by Crippen LogP contribution is -2.14. The van der Waals surface area contributed by atoms with Gasteiger partial charge >= 0.3 is 5.97 Å². The van der Waals surface area contributed by atoms with E-state index in [-0.39, 0.29) is 55.6 Å². The van der Waals surface area contributed by atoms with Crippen molar-refractivity contribution in [3.05, 3.63) is 81.9 Å². The van der Waals surface area contributed by atoms with Crippen molar-refractivity contribution in [1.82, 2.24) is 0 Å². The molecule has 0 fully saturated rings. The van der Waals surface area contributed by atoms with E-state index in [1.165, 1.54) is 48.5 Å². The highest BCUT2D eigenvalue weighted by molar-refractivity contribution is 6.12. The van der Waals surface area contributed by atoms with Crippen LogP contribution in [0.5, 0.6) is 0 Å². The molecule has 2 radical (unpaired) electrons. The maximum absolute atomic E-state index is 13.0. The van der Waals surface area contributed by atoms with Gasteiger partial charge in [0.05, 0.1) is 5.56 Å².